The van der Waals surface area contributed by atoms with Gasteiger partial charge in [-0.25, -0.2) is 4.98 Å². The zero-order chi connectivity index (χ0) is 33.0. The first-order valence-corrected chi connectivity index (χ1v) is 16.9. The van der Waals surface area contributed by atoms with Gasteiger partial charge in [-0.15, -0.1) is 0 Å². The van der Waals surface area contributed by atoms with Crippen molar-refractivity contribution in [1.82, 2.24) is 19.1 Å². The predicted octanol–water partition coefficient (Wildman–Crippen LogP) is 11.7. The molecule has 0 spiro atoms. The molecule has 0 unspecified atom stereocenters. The molecule has 4 heteroatoms. The van der Waals surface area contributed by atoms with Crippen LogP contribution in [0.3, 0.4) is 0 Å². The first-order chi connectivity index (χ1) is 24.8. The molecule has 0 saturated heterocycles. The average Bonchev–Trinajstić information content (AvgIpc) is 3.75. The molecule has 4 nitrogen and oxygen atoms in total. The van der Waals surface area contributed by atoms with Crippen molar-refractivity contribution < 1.29 is 0 Å². The molecule has 10 rings (SSSR count). The summed E-state index contributed by atoms with van der Waals surface area (Å²) in [4.78, 5) is 9.61. The SMILES string of the molecule is c1ccc(-c2cc(-c3ccc4c(c3)c3ccc5c(-c6ccccc6)cn(-c6ccccc6)c5c3n4-c3ccccc3)nc3ccncc23)cc1. The molecule has 0 aliphatic heterocycles. The normalized spacial score (nSPS) is 11.6. The van der Waals surface area contributed by atoms with Gasteiger partial charge in [0, 0.05) is 62.6 Å². The van der Waals surface area contributed by atoms with E-state index in [4.69, 9.17) is 4.98 Å². The summed E-state index contributed by atoms with van der Waals surface area (Å²) in [6.07, 6.45) is 6.04. The zero-order valence-corrected chi connectivity index (χ0v) is 27.1. The van der Waals surface area contributed by atoms with Crippen LogP contribution in [0.25, 0.3) is 88.5 Å². The van der Waals surface area contributed by atoms with Gasteiger partial charge in [-0.1, -0.05) is 115 Å². The van der Waals surface area contributed by atoms with Gasteiger partial charge in [0.25, 0.3) is 0 Å². The number of hydrogen-bond donors (Lipinski definition) is 0. The van der Waals surface area contributed by atoms with Crippen molar-refractivity contribution in [2.24, 2.45) is 0 Å². The lowest BCUT2D eigenvalue weighted by Gasteiger charge is -2.12. The number of aromatic nitrogens is 4. The Bertz CT molecular complexity index is 2840. The van der Waals surface area contributed by atoms with Crippen LogP contribution >= 0.6 is 0 Å². The quantitative estimate of drug-likeness (QED) is 0.188. The fourth-order valence-electron chi connectivity index (χ4n) is 7.53. The molecule has 234 valence electrons. The van der Waals surface area contributed by atoms with E-state index >= 15 is 0 Å². The van der Waals surface area contributed by atoms with Crippen molar-refractivity contribution >= 4 is 43.6 Å². The van der Waals surface area contributed by atoms with Gasteiger partial charge in [-0.3, -0.25) is 4.98 Å². The van der Waals surface area contributed by atoms with E-state index in [2.05, 4.69) is 178 Å². The first kappa shape index (κ1) is 28.3. The molecule has 0 bridgehead atoms. The lowest BCUT2D eigenvalue weighted by Crippen LogP contribution is -1.97. The largest absolute Gasteiger partial charge is 0.314 e. The molecular formula is C46H30N4. The summed E-state index contributed by atoms with van der Waals surface area (Å²) < 4.78 is 4.80. The molecule has 0 fully saturated rings. The van der Waals surface area contributed by atoms with Crippen LogP contribution in [-0.2, 0) is 0 Å². The lowest BCUT2D eigenvalue weighted by atomic mass is 9.98. The Labute approximate surface area is 289 Å². The summed E-state index contributed by atoms with van der Waals surface area (Å²) in [7, 11) is 0. The second-order valence-corrected chi connectivity index (χ2v) is 12.7. The molecule has 4 aromatic heterocycles. The third-order valence-electron chi connectivity index (χ3n) is 9.82. The van der Waals surface area contributed by atoms with E-state index in [1.807, 2.05) is 18.5 Å². The summed E-state index contributed by atoms with van der Waals surface area (Å²) in [5.41, 5.74) is 13.4. The highest BCUT2D eigenvalue weighted by Gasteiger charge is 2.22. The topological polar surface area (TPSA) is 35.6 Å². The molecule has 10 aromatic rings. The molecule has 0 aliphatic carbocycles. The highest BCUT2D eigenvalue weighted by molar-refractivity contribution is 6.21. The fraction of sp³-hybridized carbons (Fsp3) is 0. The molecule has 0 saturated carbocycles. The molecule has 6 aromatic carbocycles. The highest BCUT2D eigenvalue weighted by atomic mass is 15.0. The average molecular weight is 639 g/mol. The van der Waals surface area contributed by atoms with Gasteiger partial charge < -0.3 is 9.13 Å². The minimum atomic E-state index is 0.930. The minimum Gasteiger partial charge on any atom is -0.314 e. The molecule has 0 atom stereocenters. The van der Waals surface area contributed by atoms with Crippen molar-refractivity contribution in [2.75, 3.05) is 0 Å². The van der Waals surface area contributed by atoms with E-state index < -0.39 is 0 Å². The monoisotopic (exact) mass is 638 g/mol. The number of para-hydroxylation sites is 2. The molecule has 0 N–H and O–H groups in total. The Balaban J connectivity index is 1.30. The van der Waals surface area contributed by atoms with Crippen LogP contribution in [-0.4, -0.2) is 19.1 Å². The Hall–Kier alpha value is -6.78. The second-order valence-electron chi connectivity index (χ2n) is 12.7. The summed E-state index contributed by atoms with van der Waals surface area (Å²) in [5.74, 6) is 0. The third-order valence-corrected chi connectivity index (χ3v) is 9.82. The van der Waals surface area contributed by atoms with Gasteiger partial charge in [0.2, 0.25) is 0 Å². The zero-order valence-electron chi connectivity index (χ0n) is 27.1. The van der Waals surface area contributed by atoms with Crippen molar-refractivity contribution in [3.05, 3.63) is 182 Å². The van der Waals surface area contributed by atoms with Gasteiger partial charge in [0.05, 0.1) is 27.8 Å². The number of hydrogen-bond acceptors (Lipinski definition) is 2. The van der Waals surface area contributed by atoms with E-state index in [-0.39, 0.29) is 0 Å². The maximum Gasteiger partial charge on any atom is 0.0788 e. The van der Waals surface area contributed by atoms with Crippen molar-refractivity contribution in [1.29, 1.82) is 0 Å². The van der Waals surface area contributed by atoms with E-state index in [9.17, 15) is 0 Å². The third kappa shape index (κ3) is 4.46. The number of pyridine rings is 2. The van der Waals surface area contributed by atoms with Crippen LogP contribution in [0.1, 0.15) is 0 Å². The Morgan fingerprint density at radius 3 is 1.80 bits per heavy atom. The maximum atomic E-state index is 5.17. The summed E-state index contributed by atoms with van der Waals surface area (Å²) in [6.45, 7) is 0. The molecule has 0 amide bonds. The predicted molar refractivity (Wildman–Crippen MR) is 207 cm³/mol. The first-order valence-electron chi connectivity index (χ1n) is 16.9. The summed E-state index contributed by atoms with van der Waals surface area (Å²) >= 11 is 0. The number of nitrogens with zero attached hydrogens (tertiary/aromatic N) is 4. The van der Waals surface area contributed by atoms with Gasteiger partial charge >= 0.3 is 0 Å². The molecule has 50 heavy (non-hydrogen) atoms. The minimum absolute atomic E-state index is 0.930. The van der Waals surface area contributed by atoms with E-state index in [1.54, 1.807) is 0 Å². The Kier molecular flexibility index (Phi) is 6.46. The van der Waals surface area contributed by atoms with Crippen LogP contribution in [0.2, 0.25) is 0 Å². The van der Waals surface area contributed by atoms with E-state index in [0.717, 1.165) is 50.2 Å². The smallest absolute Gasteiger partial charge is 0.0788 e. The molecular weight excluding hydrogens is 609 g/mol. The number of fused-ring (bicyclic) bond motifs is 6. The number of rotatable bonds is 5. The second kappa shape index (κ2) is 11.4. The lowest BCUT2D eigenvalue weighted by molar-refractivity contribution is 1.12. The Morgan fingerprint density at radius 1 is 0.440 bits per heavy atom. The summed E-state index contributed by atoms with van der Waals surface area (Å²) in [6, 6.07) is 58.2. The van der Waals surface area contributed by atoms with Gasteiger partial charge in [-0.05, 0) is 65.2 Å². The van der Waals surface area contributed by atoms with Gasteiger partial charge in [0.1, 0.15) is 0 Å². The van der Waals surface area contributed by atoms with Crippen LogP contribution < -0.4 is 0 Å². The standard InChI is InChI=1S/C46H30N4/c1-5-13-31(14-6-1)38-28-43(48-42-25-26-47-29-40(38)42)33-21-24-44-39(27-33)36-22-23-37-41(32-15-7-2-8-16-32)30-49(34-17-9-3-10-18-34)45(37)46(36)50(44)35-19-11-4-12-20-35/h1-30H. The van der Waals surface area contributed by atoms with Crippen LogP contribution in [0, 0.1) is 0 Å². The number of benzene rings is 6. The molecule has 4 heterocycles. The highest BCUT2D eigenvalue weighted by Crippen LogP contribution is 2.43. The fourth-order valence-corrected chi connectivity index (χ4v) is 7.53. The van der Waals surface area contributed by atoms with Crippen molar-refractivity contribution in [3.63, 3.8) is 0 Å². The van der Waals surface area contributed by atoms with Crippen LogP contribution in [0.15, 0.2) is 182 Å². The molecule has 0 aliphatic rings. The van der Waals surface area contributed by atoms with E-state index in [0.29, 0.717) is 0 Å². The van der Waals surface area contributed by atoms with Crippen molar-refractivity contribution in [2.45, 2.75) is 0 Å². The summed E-state index contributed by atoms with van der Waals surface area (Å²) in [5, 5.41) is 4.64. The maximum absolute atomic E-state index is 5.17. The van der Waals surface area contributed by atoms with Crippen LogP contribution in [0.4, 0.5) is 0 Å². The van der Waals surface area contributed by atoms with Gasteiger partial charge in [0.15, 0.2) is 0 Å². The Morgan fingerprint density at radius 2 is 1.08 bits per heavy atom. The van der Waals surface area contributed by atoms with Crippen molar-refractivity contribution in [3.8, 4) is 44.9 Å². The van der Waals surface area contributed by atoms with Gasteiger partial charge in [-0.2, -0.15) is 0 Å². The van der Waals surface area contributed by atoms with Crippen LogP contribution in [0.5, 0.6) is 0 Å². The van der Waals surface area contributed by atoms with E-state index in [1.165, 1.54) is 38.3 Å². The molecule has 0 radical (unpaired) electrons.